The number of rotatable bonds is 5. The Morgan fingerprint density at radius 1 is 0.931 bits per heavy atom. The van der Waals surface area contributed by atoms with Gasteiger partial charge in [-0.05, 0) is 55.5 Å². The number of carbonyl (C=O) groups is 1. The van der Waals surface area contributed by atoms with E-state index in [0.717, 1.165) is 22.5 Å². The molecule has 144 valence electrons. The Balaban J connectivity index is 1.65. The van der Waals surface area contributed by atoms with E-state index in [1.165, 1.54) is 4.68 Å². The zero-order chi connectivity index (χ0) is 20.2. The van der Waals surface area contributed by atoms with Crippen molar-refractivity contribution < 1.29 is 9.21 Å². The second kappa shape index (κ2) is 8.24. The SMILES string of the molecule is Cc1ccc(-c2nn(CC(=O)N(c3ccccc3)c3ccccc3)c(=S)o2)cc1. The van der Waals surface area contributed by atoms with Gasteiger partial charge < -0.3 is 4.42 Å². The van der Waals surface area contributed by atoms with Gasteiger partial charge in [0, 0.05) is 16.9 Å². The van der Waals surface area contributed by atoms with E-state index in [0.29, 0.717) is 5.89 Å². The van der Waals surface area contributed by atoms with Gasteiger partial charge in [0.15, 0.2) is 0 Å². The molecule has 0 aliphatic carbocycles. The fraction of sp³-hybridized carbons (Fsp3) is 0.0870. The van der Waals surface area contributed by atoms with Crippen molar-refractivity contribution in [1.82, 2.24) is 9.78 Å². The molecule has 0 aliphatic heterocycles. The molecule has 0 saturated carbocycles. The molecule has 1 aromatic heterocycles. The summed E-state index contributed by atoms with van der Waals surface area (Å²) < 4.78 is 7.05. The van der Waals surface area contributed by atoms with Crippen molar-refractivity contribution in [3.05, 3.63) is 95.3 Å². The van der Waals surface area contributed by atoms with E-state index in [9.17, 15) is 4.79 Å². The summed E-state index contributed by atoms with van der Waals surface area (Å²) in [6.07, 6.45) is 0. The number of para-hydroxylation sites is 2. The van der Waals surface area contributed by atoms with E-state index < -0.39 is 0 Å². The molecule has 6 heteroatoms. The molecule has 0 atom stereocenters. The molecule has 3 aromatic carbocycles. The van der Waals surface area contributed by atoms with Gasteiger partial charge in [-0.25, -0.2) is 4.68 Å². The fourth-order valence-electron chi connectivity index (χ4n) is 3.01. The molecule has 29 heavy (non-hydrogen) atoms. The Kier molecular flexibility index (Phi) is 5.35. The Bertz CT molecular complexity index is 1130. The molecule has 0 saturated heterocycles. The molecule has 0 bridgehead atoms. The average molecular weight is 401 g/mol. The van der Waals surface area contributed by atoms with Gasteiger partial charge >= 0.3 is 0 Å². The molecule has 0 unspecified atom stereocenters. The molecule has 0 N–H and O–H groups in total. The van der Waals surface area contributed by atoms with Crippen LogP contribution in [0.25, 0.3) is 11.5 Å². The Morgan fingerprint density at radius 2 is 1.48 bits per heavy atom. The van der Waals surface area contributed by atoms with Crippen LogP contribution < -0.4 is 4.90 Å². The molecule has 0 aliphatic rings. The first-order chi connectivity index (χ1) is 14.1. The Morgan fingerprint density at radius 3 is 2.03 bits per heavy atom. The van der Waals surface area contributed by atoms with Gasteiger partial charge in [-0.3, -0.25) is 9.69 Å². The Labute approximate surface area is 173 Å². The van der Waals surface area contributed by atoms with Crippen LogP contribution in [0.15, 0.2) is 89.3 Å². The van der Waals surface area contributed by atoms with Gasteiger partial charge in [0.05, 0.1) is 0 Å². The molecule has 4 rings (SSSR count). The van der Waals surface area contributed by atoms with E-state index >= 15 is 0 Å². The van der Waals surface area contributed by atoms with Crippen molar-refractivity contribution in [3.63, 3.8) is 0 Å². The van der Waals surface area contributed by atoms with E-state index in [1.54, 1.807) is 4.90 Å². The first-order valence-electron chi connectivity index (χ1n) is 9.20. The highest BCUT2D eigenvalue weighted by Crippen LogP contribution is 2.26. The van der Waals surface area contributed by atoms with Crippen molar-refractivity contribution in [2.45, 2.75) is 13.5 Å². The number of hydrogen-bond donors (Lipinski definition) is 0. The standard InChI is InChI=1S/C23H19N3O2S/c1-17-12-14-18(15-13-17)22-24-25(23(29)28-22)16-21(27)26(19-8-4-2-5-9-19)20-10-6-3-7-11-20/h2-15H,16H2,1H3. The van der Waals surface area contributed by atoms with Crippen molar-refractivity contribution in [2.24, 2.45) is 0 Å². The molecule has 0 spiro atoms. The summed E-state index contributed by atoms with van der Waals surface area (Å²) in [5.74, 6) is 0.232. The zero-order valence-electron chi connectivity index (χ0n) is 15.9. The third kappa shape index (κ3) is 4.17. The summed E-state index contributed by atoms with van der Waals surface area (Å²) in [5, 5.41) is 4.42. The minimum absolute atomic E-state index is 0.0298. The summed E-state index contributed by atoms with van der Waals surface area (Å²) in [7, 11) is 0. The van der Waals surface area contributed by atoms with Gasteiger partial charge in [-0.1, -0.05) is 54.1 Å². The predicted octanol–water partition coefficient (Wildman–Crippen LogP) is 5.55. The zero-order valence-corrected chi connectivity index (χ0v) is 16.7. The van der Waals surface area contributed by atoms with Crippen molar-refractivity contribution in [2.75, 3.05) is 4.90 Å². The Hall–Kier alpha value is -3.51. The highest BCUT2D eigenvalue weighted by Gasteiger charge is 2.20. The van der Waals surface area contributed by atoms with E-state index in [-0.39, 0.29) is 17.3 Å². The highest BCUT2D eigenvalue weighted by atomic mass is 32.1. The van der Waals surface area contributed by atoms with Crippen LogP contribution in [-0.4, -0.2) is 15.7 Å². The summed E-state index contributed by atoms with van der Waals surface area (Å²) in [5.41, 5.74) is 3.51. The lowest BCUT2D eigenvalue weighted by Crippen LogP contribution is -2.30. The van der Waals surface area contributed by atoms with Crippen LogP contribution in [-0.2, 0) is 11.3 Å². The van der Waals surface area contributed by atoms with Crippen LogP contribution >= 0.6 is 12.2 Å². The number of hydrogen-bond acceptors (Lipinski definition) is 4. The van der Waals surface area contributed by atoms with Gasteiger partial charge in [-0.15, -0.1) is 5.10 Å². The van der Waals surface area contributed by atoms with E-state index in [2.05, 4.69) is 5.10 Å². The fourth-order valence-corrected chi connectivity index (χ4v) is 3.19. The predicted molar refractivity (Wildman–Crippen MR) is 116 cm³/mol. The van der Waals surface area contributed by atoms with Crippen molar-refractivity contribution in [1.29, 1.82) is 0 Å². The largest absolute Gasteiger partial charge is 0.409 e. The lowest BCUT2D eigenvalue weighted by Gasteiger charge is -2.22. The molecular weight excluding hydrogens is 382 g/mol. The topological polar surface area (TPSA) is 51.3 Å². The molecule has 0 radical (unpaired) electrons. The second-order valence-electron chi connectivity index (χ2n) is 6.60. The van der Waals surface area contributed by atoms with Crippen LogP contribution in [0.5, 0.6) is 0 Å². The summed E-state index contributed by atoms with van der Waals surface area (Å²) in [4.78, 5) is 15.1. The maximum absolute atomic E-state index is 13.2. The minimum Gasteiger partial charge on any atom is -0.409 e. The van der Waals surface area contributed by atoms with Crippen LogP contribution in [0.4, 0.5) is 11.4 Å². The smallest absolute Gasteiger partial charge is 0.287 e. The van der Waals surface area contributed by atoms with E-state index in [4.69, 9.17) is 16.6 Å². The molecule has 5 nitrogen and oxygen atoms in total. The summed E-state index contributed by atoms with van der Waals surface area (Å²) >= 11 is 5.30. The number of aromatic nitrogens is 2. The van der Waals surface area contributed by atoms with Gasteiger partial charge in [0.2, 0.25) is 5.89 Å². The quantitative estimate of drug-likeness (QED) is 0.412. The van der Waals surface area contributed by atoms with E-state index in [1.807, 2.05) is 91.9 Å². The van der Waals surface area contributed by atoms with Crippen LogP contribution in [0, 0.1) is 11.8 Å². The summed E-state index contributed by atoms with van der Waals surface area (Å²) in [6.45, 7) is 1.98. The molecule has 4 aromatic rings. The normalized spacial score (nSPS) is 10.7. The van der Waals surface area contributed by atoms with Crippen molar-refractivity contribution >= 4 is 29.5 Å². The monoisotopic (exact) mass is 401 g/mol. The number of carbonyl (C=O) groups excluding carboxylic acids is 1. The summed E-state index contributed by atoms with van der Waals surface area (Å²) in [6, 6.07) is 26.8. The van der Waals surface area contributed by atoms with Crippen LogP contribution in [0.1, 0.15) is 5.56 Å². The number of aryl methyl sites for hydroxylation is 1. The molecule has 1 amide bonds. The van der Waals surface area contributed by atoms with Crippen LogP contribution in [0.2, 0.25) is 0 Å². The third-order valence-electron chi connectivity index (χ3n) is 4.47. The van der Waals surface area contributed by atoms with Crippen LogP contribution in [0.3, 0.4) is 0 Å². The average Bonchev–Trinajstić information content (AvgIpc) is 3.10. The van der Waals surface area contributed by atoms with Crippen molar-refractivity contribution in [3.8, 4) is 11.5 Å². The first kappa shape index (κ1) is 18.8. The molecule has 0 fully saturated rings. The first-order valence-corrected chi connectivity index (χ1v) is 9.61. The second-order valence-corrected chi connectivity index (χ2v) is 6.95. The molecule has 1 heterocycles. The lowest BCUT2D eigenvalue weighted by molar-refractivity contribution is -0.118. The van der Waals surface area contributed by atoms with Gasteiger partial charge in [0.1, 0.15) is 6.54 Å². The minimum atomic E-state index is -0.165. The maximum Gasteiger partial charge on any atom is 0.287 e. The number of amides is 1. The number of anilines is 2. The number of benzene rings is 3. The lowest BCUT2D eigenvalue weighted by atomic mass is 10.1. The molecular formula is C23H19N3O2S. The number of nitrogens with zero attached hydrogens (tertiary/aromatic N) is 3. The third-order valence-corrected chi connectivity index (χ3v) is 4.76. The van der Waals surface area contributed by atoms with Gasteiger partial charge in [-0.2, -0.15) is 0 Å². The van der Waals surface area contributed by atoms with Gasteiger partial charge in [0.25, 0.3) is 10.7 Å². The highest BCUT2D eigenvalue weighted by molar-refractivity contribution is 7.71. The maximum atomic E-state index is 13.2.